The van der Waals surface area contributed by atoms with Gasteiger partial charge in [0.15, 0.2) is 0 Å². The van der Waals surface area contributed by atoms with E-state index in [0.29, 0.717) is 35.5 Å². The Morgan fingerprint density at radius 2 is 1.04 bits per heavy atom. The molecule has 6 heteroatoms. The second-order valence-corrected chi connectivity index (χ2v) is 16.0. The highest BCUT2D eigenvalue weighted by atomic mass is 16.6. The van der Waals surface area contributed by atoms with Gasteiger partial charge in [0.2, 0.25) is 0 Å². The number of rotatable bonds is 4. The van der Waals surface area contributed by atoms with Crippen molar-refractivity contribution < 1.29 is 28.5 Å². The fourth-order valence-electron chi connectivity index (χ4n) is 12.0. The molecule has 6 aliphatic carbocycles. The molecule has 246 valence electrons. The zero-order valence-electron chi connectivity index (χ0n) is 28.0. The summed E-state index contributed by atoms with van der Waals surface area (Å²) in [5, 5.41) is 0. The number of esters is 2. The Morgan fingerprint density at radius 1 is 0.609 bits per heavy atom. The molecule has 0 N–H and O–H groups in total. The minimum absolute atomic E-state index is 0.0921. The largest absolute Gasteiger partial charge is 0.497 e. The van der Waals surface area contributed by atoms with Crippen LogP contribution in [0, 0.1) is 34.5 Å². The van der Waals surface area contributed by atoms with E-state index < -0.39 is 11.9 Å². The van der Waals surface area contributed by atoms with Crippen molar-refractivity contribution in [3.63, 3.8) is 0 Å². The highest BCUT2D eigenvalue weighted by molar-refractivity contribution is 6.29. The summed E-state index contributed by atoms with van der Waals surface area (Å²) in [7, 11) is 3.47. The lowest BCUT2D eigenvalue weighted by Crippen LogP contribution is -2.47. The molecule has 8 rings (SSSR count). The lowest BCUT2D eigenvalue weighted by atomic mass is 9.55. The number of aryl methyl sites for hydroxylation is 2. The molecule has 0 heterocycles. The van der Waals surface area contributed by atoms with Crippen LogP contribution in [0.4, 0.5) is 0 Å². The van der Waals surface area contributed by atoms with Gasteiger partial charge in [-0.2, -0.15) is 0 Å². The molecule has 0 bridgehead atoms. The van der Waals surface area contributed by atoms with Gasteiger partial charge in [-0.05, 0) is 159 Å². The summed E-state index contributed by atoms with van der Waals surface area (Å²) in [5.41, 5.74) is 5.64. The van der Waals surface area contributed by atoms with Crippen LogP contribution in [0.2, 0.25) is 0 Å². The maximum Gasteiger partial charge on any atom is 0.417 e. The summed E-state index contributed by atoms with van der Waals surface area (Å²) >= 11 is 0. The van der Waals surface area contributed by atoms with E-state index in [4.69, 9.17) is 18.9 Å². The normalized spacial score (nSPS) is 38.6. The minimum atomic E-state index is -0.781. The molecule has 0 aliphatic heterocycles. The van der Waals surface area contributed by atoms with Gasteiger partial charge in [-0.1, -0.05) is 26.0 Å². The third kappa shape index (κ3) is 4.63. The summed E-state index contributed by atoms with van der Waals surface area (Å²) in [6.07, 6.45) is 12.0. The van der Waals surface area contributed by atoms with Gasteiger partial charge in [-0.3, -0.25) is 0 Å². The van der Waals surface area contributed by atoms with Crippen LogP contribution in [-0.4, -0.2) is 38.4 Å². The van der Waals surface area contributed by atoms with Gasteiger partial charge in [-0.25, -0.2) is 9.59 Å². The standard InChI is InChI=1S/C40H50O6/c1-39-19-17-29-27-11-7-25(43-3)21-23(27)5-9-31(29)33(39)13-15-35(39)45-37(41)38(42)46-36-16-14-34-32-10-6-24-22-26(44-4)8-12-28(24)30(32)18-20-40(34,36)2/h7-8,11-12,21-22,29-36H,5-6,9-10,13-20H2,1-4H3/t29-,30-,31-,32-,33+,34+,35+,36+,39+,40+/m1/s1. The third-order valence-corrected chi connectivity index (χ3v) is 14.4. The summed E-state index contributed by atoms with van der Waals surface area (Å²) < 4.78 is 23.2. The van der Waals surface area contributed by atoms with Gasteiger partial charge in [0.25, 0.3) is 0 Å². The van der Waals surface area contributed by atoms with Crippen molar-refractivity contribution in [1.29, 1.82) is 0 Å². The Hall–Kier alpha value is -3.02. The molecule has 0 saturated heterocycles. The molecule has 2 aromatic rings. The van der Waals surface area contributed by atoms with E-state index >= 15 is 0 Å². The first-order valence-corrected chi connectivity index (χ1v) is 18.0. The molecule has 4 saturated carbocycles. The van der Waals surface area contributed by atoms with E-state index in [0.717, 1.165) is 88.5 Å². The number of benzene rings is 2. The van der Waals surface area contributed by atoms with Crippen LogP contribution in [0.5, 0.6) is 11.5 Å². The first-order chi connectivity index (χ1) is 22.2. The van der Waals surface area contributed by atoms with Crippen LogP contribution in [0.15, 0.2) is 36.4 Å². The van der Waals surface area contributed by atoms with E-state index in [1.807, 2.05) is 0 Å². The molecule has 46 heavy (non-hydrogen) atoms. The fraction of sp³-hybridized carbons (Fsp3) is 0.650. The lowest BCUT2D eigenvalue weighted by molar-refractivity contribution is -0.182. The Kier molecular flexibility index (Phi) is 7.45. The van der Waals surface area contributed by atoms with Crippen molar-refractivity contribution in [1.82, 2.24) is 0 Å². The second-order valence-electron chi connectivity index (χ2n) is 16.0. The highest BCUT2D eigenvalue weighted by Crippen LogP contribution is 2.63. The minimum Gasteiger partial charge on any atom is -0.497 e. The number of hydrogen-bond acceptors (Lipinski definition) is 6. The van der Waals surface area contributed by atoms with Gasteiger partial charge >= 0.3 is 11.9 Å². The average molecular weight is 627 g/mol. The monoisotopic (exact) mass is 626 g/mol. The number of ether oxygens (including phenoxy) is 4. The third-order valence-electron chi connectivity index (χ3n) is 14.4. The van der Waals surface area contributed by atoms with Gasteiger partial charge in [-0.15, -0.1) is 0 Å². The van der Waals surface area contributed by atoms with Crippen molar-refractivity contribution in [3.8, 4) is 11.5 Å². The van der Waals surface area contributed by atoms with Crippen molar-refractivity contribution in [2.45, 2.75) is 115 Å². The Morgan fingerprint density at radius 3 is 1.46 bits per heavy atom. The van der Waals surface area contributed by atoms with E-state index in [9.17, 15) is 9.59 Å². The smallest absolute Gasteiger partial charge is 0.417 e. The topological polar surface area (TPSA) is 71.1 Å². The lowest BCUT2D eigenvalue weighted by Gasteiger charge is -2.50. The van der Waals surface area contributed by atoms with E-state index in [-0.39, 0.29) is 23.0 Å². The van der Waals surface area contributed by atoms with Crippen molar-refractivity contribution >= 4 is 11.9 Å². The first-order valence-electron chi connectivity index (χ1n) is 18.0. The van der Waals surface area contributed by atoms with Crippen molar-refractivity contribution in [2.24, 2.45) is 34.5 Å². The summed E-state index contributed by atoms with van der Waals surface area (Å²) in [4.78, 5) is 26.7. The van der Waals surface area contributed by atoms with Crippen molar-refractivity contribution in [3.05, 3.63) is 58.7 Å². The zero-order chi connectivity index (χ0) is 31.8. The molecule has 0 radical (unpaired) electrons. The first kappa shape index (κ1) is 30.3. The van der Waals surface area contributed by atoms with E-state index in [1.54, 1.807) is 14.2 Å². The fourth-order valence-corrected chi connectivity index (χ4v) is 12.0. The molecule has 0 aromatic heterocycles. The zero-order valence-corrected chi connectivity index (χ0v) is 28.0. The van der Waals surface area contributed by atoms with Crippen LogP contribution in [0.1, 0.15) is 112 Å². The molecule has 0 unspecified atom stereocenters. The Labute approximate surface area is 273 Å². The summed E-state index contributed by atoms with van der Waals surface area (Å²) in [5.74, 6) is 3.61. The molecule has 6 aliphatic rings. The molecule has 10 atom stereocenters. The Balaban J connectivity index is 0.911. The van der Waals surface area contributed by atoms with Gasteiger partial charge in [0.05, 0.1) is 14.2 Å². The molecule has 0 amide bonds. The molecule has 2 aromatic carbocycles. The second kappa shape index (κ2) is 11.3. The number of carbonyl (C=O) groups is 2. The van der Waals surface area contributed by atoms with Crippen LogP contribution in [0.25, 0.3) is 0 Å². The van der Waals surface area contributed by atoms with E-state index in [1.165, 1.54) is 22.3 Å². The number of fused-ring (bicyclic) bond motifs is 10. The summed E-state index contributed by atoms with van der Waals surface area (Å²) in [6, 6.07) is 13.2. The highest BCUT2D eigenvalue weighted by Gasteiger charge is 2.58. The van der Waals surface area contributed by atoms with Gasteiger partial charge in [0.1, 0.15) is 23.7 Å². The maximum atomic E-state index is 13.4. The maximum absolute atomic E-state index is 13.4. The molecule has 4 fully saturated rings. The van der Waals surface area contributed by atoms with Gasteiger partial charge in [0, 0.05) is 10.8 Å². The van der Waals surface area contributed by atoms with Crippen LogP contribution >= 0.6 is 0 Å². The average Bonchev–Trinajstić information content (AvgIpc) is 3.59. The van der Waals surface area contributed by atoms with E-state index in [2.05, 4.69) is 50.2 Å². The molecular formula is C40H50O6. The molecule has 6 nitrogen and oxygen atoms in total. The predicted octanol–water partition coefficient (Wildman–Crippen LogP) is 7.94. The number of hydrogen-bond donors (Lipinski definition) is 0. The predicted molar refractivity (Wildman–Crippen MR) is 175 cm³/mol. The Bertz CT molecular complexity index is 1420. The number of methoxy groups -OCH3 is 2. The van der Waals surface area contributed by atoms with Crippen LogP contribution in [-0.2, 0) is 31.9 Å². The molecular weight excluding hydrogens is 576 g/mol. The van der Waals surface area contributed by atoms with Crippen molar-refractivity contribution in [2.75, 3.05) is 14.2 Å². The summed E-state index contributed by atoms with van der Waals surface area (Å²) in [6.45, 7) is 4.63. The number of carbonyl (C=O) groups excluding carboxylic acids is 2. The van der Waals surface area contributed by atoms with Crippen LogP contribution in [0.3, 0.4) is 0 Å². The molecule has 0 spiro atoms. The van der Waals surface area contributed by atoms with Gasteiger partial charge < -0.3 is 18.9 Å². The SMILES string of the molecule is COc1ccc2c(c1)CC[C@@H]1[C@@H]2CC[C@]2(C)[C@@H](OC(=O)C(=O)O[C@H]3CC[C@H]4[C@@H]5CCc6cc(OC)ccc6[C@H]5CC[C@]34C)CC[C@@H]12. The quantitative estimate of drug-likeness (QED) is 0.254. The van der Waals surface area contributed by atoms with Crippen LogP contribution < -0.4 is 9.47 Å².